The summed E-state index contributed by atoms with van der Waals surface area (Å²) in [5.74, 6) is 0. The minimum Gasteiger partial charge on any atom is -0.310 e. The second-order valence-corrected chi connectivity index (χ2v) is 4.12. The molecule has 74 valence electrons. The van der Waals surface area contributed by atoms with Crippen LogP contribution < -0.4 is 11.2 Å². The Morgan fingerprint density at radius 2 is 2.00 bits per heavy atom. The number of H-pyrrole nitrogens is 1. The van der Waals surface area contributed by atoms with Crippen LogP contribution in [0.2, 0.25) is 0 Å². The quantitative estimate of drug-likeness (QED) is 0.653. The third-order valence-corrected chi connectivity index (χ3v) is 3.12. The lowest BCUT2D eigenvalue weighted by atomic mass is 9.96. The highest BCUT2D eigenvalue weighted by Gasteiger charge is 2.18. The molecule has 4 heteroatoms. The van der Waals surface area contributed by atoms with Crippen LogP contribution in [0.5, 0.6) is 0 Å². The molecule has 0 amide bonds. The standard InChI is InChI=1S/C10H15BN2O/c1-7-9(11)12-13(10(7)14)8-5-3-2-4-6-8/h8,12H,2-6H2,1H3. The van der Waals surface area contributed by atoms with Crippen LogP contribution in [0.25, 0.3) is 0 Å². The zero-order valence-corrected chi connectivity index (χ0v) is 8.55. The predicted molar refractivity (Wildman–Crippen MR) is 57.3 cm³/mol. The molecule has 0 unspecified atom stereocenters. The zero-order chi connectivity index (χ0) is 10.1. The minimum absolute atomic E-state index is 0.0504. The maximum atomic E-state index is 11.7. The van der Waals surface area contributed by atoms with Gasteiger partial charge >= 0.3 is 0 Å². The molecule has 1 aromatic rings. The summed E-state index contributed by atoms with van der Waals surface area (Å²) in [6.45, 7) is 1.77. The van der Waals surface area contributed by atoms with E-state index in [1.54, 1.807) is 11.6 Å². The van der Waals surface area contributed by atoms with Crippen molar-refractivity contribution < 1.29 is 0 Å². The summed E-state index contributed by atoms with van der Waals surface area (Å²) < 4.78 is 1.71. The van der Waals surface area contributed by atoms with E-state index < -0.39 is 0 Å². The van der Waals surface area contributed by atoms with Gasteiger partial charge in [-0.3, -0.25) is 9.48 Å². The van der Waals surface area contributed by atoms with Gasteiger partial charge < -0.3 is 5.10 Å². The molecule has 0 saturated heterocycles. The first-order chi connectivity index (χ1) is 6.70. The van der Waals surface area contributed by atoms with Crippen molar-refractivity contribution >= 4 is 13.4 Å². The molecule has 1 aromatic heterocycles. The molecular formula is C10H15BN2O. The van der Waals surface area contributed by atoms with E-state index >= 15 is 0 Å². The van der Waals surface area contributed by atoms with Crippen molar-refractivity contribution in [1.82, 2.24) is 9.78 Å². The second-order valence-electron chi connectivity index (χ2n) is 4.12. The van der Waals surface area contributed by atoms with Crippen molar-refractivity contribution in [2.24, 2.45) is 0 Å². The van der Waals surface area contributed by atoms with Crippen LogP contribution in [-0.4, -0.2) is 17.6 Å². The zero-order valence-electron chi connectivity index (χ0n) is 8.55. The molecule has 0 atom stereocenters. The molecule has 0 spiro atoms. The molecular weight excluding hydrogens is 175 g/mol. The number of nitrogens with zero attached hydrogens (tertiary/aromatic N) is 1. The average Bonchev–Trinajstić information content (AvgIpc) is 2.47. The fourth-order valence-corrected chi connectivity index (χ4v) is 2.16. The minimum atomic E-state index is 0.0504. The van der Waals surface area contributed by atoms with Gasteiger partial charge in [-0.15, -0.1) is 0 Å². The fraction of sp³-hybridized carbons (Fsp3) is 0.700. The molecule has 0 aliphatic heterocycles. The fourth-order valence-electron chi connectivity index (χ4n) is 2.16. The van der Waals surface area contributed by atoms with Crippen molar-refractivity contribution in [3.8, 4) is 0 Å². The average molecular weight is 190 g/mol. The molecule has 1 saturated carbocycles. The SMILES string of the molecule is [B]c1[nH]n(C2CCCCC2)c(=O)c1C. The van der Waals surface area contributed by atoms with E-state index in [9.17, 15) is 4.79 Å². The van der Waals surface area contributed by atoms with Gasteiger partial charge in [-0.05, 0) is 25.4 Å². The van der Waals surface area contributed by atoms with E-state index in [-0.39, 0.29) is 5.56 Å². The van der Waals surface area contributed by atoms with Gasteiger partial charge in [0.15, 0.2) is 0 Å². The lowest BCUT2D eigenvalue weighted by molar-refractivity contribution is 0.324. The van der Waals surface area contributed by atoms with Crippen molar-refractivity contribution in [2.45, 2.75) is 45.1 Å². The van der Waals surface area contributed by atoms with Crippen LogP contribution in [-0.2, 0) is 0 Å². The number of hydrogen-bond acceptors (Lipinski definition) is 1. The van der Waals surface area contributed by atoms with Crippen LogP contribution in [0.15, 0.2) is 4.79 Å². The Morgan fingerprint density at radius 3 is 2.50 bits per heavy atom. The number of hydrogen-bond donors (Lipinski definition) is 1. The molecule has 2 rings (SSSR count). The first-order valence-corrected chi connectivity index (χ1v) is 5.26. The smallest absolute Gasteiger partial charge is 0.268 e. The third kappa shape index (κ3) is 1.53. The highest BCUT2D eigenvalue weighted by molar-refractivity contribution is 6.31. The number of aromatic amines is 1. The van der Waals surface area contributed by atoms with Crippen molar-refractivity contribution in [1.29, 1.82) is 0 Å². The summed E-state index contributed by atoms with van der Waals surface area (Å²) in [6.07, 6.45) is 5.92. The van der Waals surface area contributed by atoms with E-state index in [1.807, 2.05) is 0 Å². The summed E-state index contributed by atoms with van der Waals surface area (Å²) in [5.41, 5.74) is 1.21. The van der Waals surface area contributed by atoms with Crippen molar-refractivity contribution in [3.63, 3.8) is 0 Å². The normalized spacial score (nSPS) is 18.6. The van der Waals surface area contributed by atoms with Gasteiger partial charge in [-0.2, -0.15) is 0 Å². The number of nitrogens with one attached hydrogen (secondary N) is 1. The molecule has 2 radical (unpaired) electrons. The van der Waals surface area contributed by atoms with Crippen LogP contribution in [0.4, 0.5) is 0 Å². The van der Waals surface area contributed by atoms with Crippen LogP contribution >= 0.6 is 0 Å². The Kier molecular flexibility index (Phi) is 2.53. The summed E-state index contributed by atoms with van der Waals surface area (Å²) >= 11 is 0. The molecule has 1 fully saturated rings. The van der Waals surface area contributed by atoms with E-state index in [2.05, 4.69) is 5.10 Å². The van der Waals surface area contributed by atoms with Crippen LogP contribution in [0, 0.1) is 6.92 Å². The maximum Gasteiger partial charge on any atom is 0.268 e. The topological polar surface area (TPSA) is 37.8 Å². The van der Waals surface area contributed by atoms with Crippen molar-refractivity contribution in [2.75, 3.05) is 0 Å². The molecule has 1 aliphatic rings. The van der Waals surface area contributed by atoms with Crippen molar-refractivity contribution in [3.05, 3.63) is 15.9 Å². The largest absolute Gasteiger partial charge is 0.310 e. The highest BCUT2D eigenvalue weighted by Crippen LogP contribution is 2.25. The maximum absolute atomic E-state index is 11.7. The van der Waals surface area contributed by atoms with Gasteiger partial charge in [0.2, 0.25) is 0 Å². The van der Waals surface area contributed by atoms with E-state index in [0.717, 1.165) is 12.8 Å². The van der Waals surface area contributed by atoms with Crippen LogP contribution in [0.3, 0.4) is 0 Å². The van der Waals surface area contributed by atoms with Gasteiger partial charge in [0.05, 0.1) is 6.04 Å². The summed E-state index contributed by atoms with van der Waals surface area (Å²) in [5, 5.41) is 2.96. The monoisotopic (exact) mass is 190 g/mol. The lowest BCUT2D eigenvalue weighted by Crippen LogP contribution is -2.25. The predicted octanol–water partition coefficient (Wildman–Crippen LogP) is 0.784. The molecule has 14 heavy (non-hydrogen) atoms. The van der Waals surface area contributed by atoms with E-state index in [1.165, 1.54) is 19.3 Å². The molecule has 1 heterocycles. The number of rotatable bonds is 1. The second kappa shape index (κ2) is 3.68. The van der Waals surface area contributed by atoms with Gasteiger partial charge in [0.25, 0.3) is 5.56 Å². The van der Waals surface area contributed by atoms with E-state index in [0.29, 0.717) is 17.2 Å². The first-order valence-electron chi connectivity index (χ1n) is 5.26. The van der Waals surface area contributed by atoms with E-state index in [4.69, 9.17) is 7.85 Å². The molecule has 1 aliphatic carbocycles. The highest BCUT2D eigenvalue weighted by atomic mass is 16.1. The third-order valence-electron chi connectivity index (χ3n) is 3.12. The lowest BCUT2D eigenvalue weighted by Gasteiger charge is -2.21. The Labute approximate surface area is 84.9 Å². The molecule has 0 aromatic carbocycles. The Hall–Kier alpha value is -0.925. The summed E-state index contributed by atoms with van der Waals surface area (Å²) in [7, 11) is 5.67. The Bertz CT molecular complexity index is 374. The number of aromatic nitrogens is 2. The summed E-state index contributed by atoms with van der Waals surface area (Å²) in [6, 6.07) is 0.340. The first kappa shape index (κ1) is 9.62. The molecule has 3 nitrogen and oxygen atoms in total. The molecule has 1 N–H and O–H groups in total. The molecule has 0 bridgehead atoms. The van der Waals surface area contributed by atoms with Crippen LogP contribution in [0.1, 0.15) is 43.7 Å². The Morgan fingerprint density at radius 1 is 1.36 bits per heavy atom. The Balaban J connectivity index is 2.31. The van der Waals surface area contributed by atoms with Gasteiger partial charge in [-0.1, -0.05) is 19.3 Å². The van der Waals surface area contributed by atoms with Gasteiger partial charge in [0, 0.05) is 5.56 Å². The van der Waals surface area contributed by atoms with Gasteiger partial charge in [0.1, 0.15) is 7.85 Å². The summed E-state index contributed by atoms with van der Waals surface area (Å²) in [4.78, 5) is 11.7. The van der Waals surface area contributed by atoms with Gasteiger partial charge in [-0.25, -0.2) is 0 Å².